The smallest absolute Gasteiger partial charge is 0.259 e. The zero-order chi connectivity index (χ0) is 24.1. The van der Waals surface area contributed by atoms with Gasteiger partial charge in [-0.25, -0.2) is 4.98 Å². The third-order valence-electron chi connectivity index (χ3n) is 6.15. The van der Waals surface area contributed by atoms with Crippen molar-refractivity contribution in [3.63, 3.8) is 0 Å². The van der Waals surface area contributed by atoms with Gasteiger partial charge in [0.05, 0.1) is 11.1 Å². The molecule has 174 valence electrons. The Morgan fingerprint density at radius 2 is 1.91 bits per heavy atom. The Hall–Kier alpha value is -3.69. The van der Waals surface area contributed by atoms with Gasteiger partial charge in [-0.05, 0) is 50.1 Å². The fourth-order valence-electron chi connectivity index (χ4n) is 4.29. The summed E-state index contributed by atoms with van der Waals surface area (Å²) in [7, 11) is 0. The Balaban J connectivity index is 1.43. The number of thiophene rings is 1. The quantitative estimate of drug-likeness (QED) is 0.287. The Morgan fingerprint density at radius 3 is 2.77 bits per heavy atom. The lowest BCUT2D eigenvalue weighted by Gasteiger charge is -2.11. The lowest BCUT2D eigenvalue weighted by molar-refractivity contribution is 0.882. The van der Waals surface area contributed by atoms with E-state index in [0.29, 0.717) is 17.0 Å². The fraction of sp³-hybridized carbons (Fsp3) is 0.154. The van der Waals surface area contributed by atoms with Gasteiger partial charge in [0.1, 0.15) is 10.7 Å². The van der Waals surface area contributed by atoms with Crippen LogP contribution in [0.2, 0.25) is 0 Å². The number of para-hydroxylation sites is 1. The molecular formula is C26H22N6OS2. The Morgan fingerprint density at radius 1 is 1.06 bits per heavy atom. The van der Waals surface area contributed by atoms with E-state index in [0.717, 1.165) is 54.0 Å². The second-order valence-corrected chi connectivity index (χ2v) is 10.6. The van der Waals surface area contributed by atoms with E-state index in [1.807, 2.05) is 44.3 Å². The van der Waals surface area contributed by atoms with Crippen LogP contribution >= 0.6 is 23.1 Å². The van der Waals surface area contributed by atoms with Gasteiger partial charge in [-0.2, -0.15) is 0 Å². The Kier molecular flexibility index (Phi) is 5.31. The van der Waals surface area contributed by atoms with Gasteiger partial charge in [0.2, 0.25) is 0 Å². The van der Waals surface area contributed by atoms with Crippen LogP contribution in [0, 0.1) is 20.8 Å². The summed E-state index contributed by atoms with van der Waals surface area (Å²) in [5.41, 5.74) is 5.08. The van der Waals surface area contributed by atoms with Crippen LogP contribution < -0.4 is 5.56 Å². The van der Waals surface area contributed by atoms with E-state index in [9.17, 15) is 4.79 Å². The van der Waals surface area contributed by atoms with E-state index in [2.05, 4.69) is 55.9 Å². The maximum Gasteiger partial charge on any atom is 0.259 e. The molecule has 0 saturated heterocycles. The van der Waals surface area contributed by atoms with Crippen molar-refractivity contribution in [1.29, 1.82) is 0 Å². The first kappa shape index (κ1) is 21.8. The topological polar surface area (TPSA) is 92.2 Å². The highest BCUT2D eigenvalue weighted by molar-refractivity contribution is 7.98. The number of H-pyrrole nitrogens is 2. The summed E-state index contributed by atoms with van der Waals surface area (Å²) >= 11 is 3.06. The molecule has 0 aliphatic rings. The van der Waals surface area contributed by atoms with Gasteiger partial charge < -0.3 is 9.97 Å². The number of nitrogens with one attached hydrogen (secondary N) is 2. The molecule has 0 amide bonds. The van der Waals surface area contributed by atoms with Crippen LogP contribution in [-0.4, -0.2) is 29.7 Å². The normalized spacial score (nSPS) is 11.6. The fourth-order valence-corrected chi connectivity index (χ4v) is 6.17. The molecule has 2 N–H and O–H groups in total. The third kappa shape index (κ3) is 3.77. The van der Waals surface area contributed by atoms with E-state index in [-0.39, 0.29) is 5.56 Å². The molecule has 4 heterocycles. The van der Waals surface area contributed by atoms with Crippen molar-refractivity contribution in [2.75, 3.05) is 0 Å². The molecule has 0 aliphatic heterocycles. The van der Waals surface area contributed by atoms with Crippen LogP contribution in [0.5, 0.6) is 0 Å². The largest absolute Gasteiger partial charge is 0.360 e. The summed E-state index contributed by atoms with van der Waals surface area (Å²) < 4.78 is 2.07. The standard InChI is InChI=1S/C26H22N6OS2/c1-14-7-6-8-17(11-14)32-23(19-12-27-20-10-5-4-9-18(19)20)30-31-26(32)34-13-21-28-24(33)22-15(2)16(3)35-25(22)29-21/h4-12,27H,13H2,1-3H3,(H,28,29,33). The number of hydrogen-bond acceptors (Lipinski definition) is 6. The number of nitrogens with zero attached hydrogens (tertiary/aromatic N) is 4. The summed E-state index contributed by atoms with van der Waals surface area (Å²) in [6.07, 6.45) is 1.98. The molecule has 0 fully saturated rings. The minimum absolute atomic E-state index is 0.0907. The maximum absolute atomic E-state index is 12.7. The molecule has 0 saturated carbocycles. The average Bonchev–Trinajstić information content (AvgIpc) is 3.53. The van der Waals surface area contributed by atoms with Crippen LogP contribution in [0.1, 0.15) is 21.8 Å². The lowest BCUT2D eigenvalue weighted by atomic mass is 10.1. The number of hydrogen-bond donors (Lipinski definition) is 2. The summed E-state index contributed by atoms with van der Waals surface area (Å²) in [5.74, 6) is 1.86. The number of aromatic nitrogens is 6. The molecule has 35 heavy (non-hydrogen) atoms. The molecule has 0 aliphatic carbocycles. The van der Waals surface area contributed by atoms with Crippen LogP contribution in [0.4, 0.5) is 0 Å². The highest BCUT2D eigenvalue weighted by Crippen LogP contribution is 2.33. The molecule has 6 aromatic rings. The van der Waals surface area contributed by atoms with Crippen LogP contribution in [-0.2, 0) is 5.75 Å². The molecule has 9 heteroatoms. The molecule has 0 atom stereocenters. The van der Waals surface area contributed by atoms with E-state index in [1.165, 1.54) is 11.8 Å². The molecule has 2 aromatic carbocycles. The van der Waals surface area contributed by atoms with E-state index < -0.39 is 0 Å². The Bertz CT molecular complexity index is 1770. The predicted octanol–water partition coefficient (Wildman–Crippen LogP) is 5.93. The van der Waals surface area contributed by atoms with Crippen molar-refractivity contribution < 1.29 is 0 Å². The van der Waals surface area contributed by atoms with Crippen molar-refractivity contribution in [3.05, 3.63) is 86.9 Å². The monoisotopic (exact) mass is 498 g/mol. The highest BCUT2D eigenvalue weighted by atomic mass is 32.2. The molecule has 0 bridgehead atoms. The van der Waals surface area contributed by atoms with Crippen LogP contribution in [0.3, 0.4) is 0 Å². The molecule has 0 spiro atoms. The van der Waals surface area contributed by atoms with E-state index >= 15 is 0 Å². The first-order chi connectivity index (χ1) is 17.0. The maximum atomic E-state index is 12.7. The third-order valence-corrected chi connectivity index (χ3v) is 8.19. The van der Waals surface area contributed by atoms with Gasteiger partial charge >= 0.3 is 0 Å². The van der Waals surface area contributed by atoms with E-state index in [4.69, 9.17) is 4.98 Å². The first-order valence-corrected chi connectivity index (χ1v) is 13.0. The van der Waals surface area contributed by atoms with Crippen molar-refractivity contribution in [3.8, 4) is 17.1 Å². The minimum Gasteiger partial charge on any atom is -0.360 e. The number of rotatable bonds is 5. The second kappa shape index (κ2) is 8.51. The van der Waals surface area contributed by atoms with Gasteiger partial charge in [0, 0.05) is 33.2 Å². The van der Waals surface area contributed by atoms with Crippen LogP contribution in [0.25, 0.3) is 38.2 Å². The molecule has 0 radical (unpaired) electrons. The second-order valence-electron chi connectivity index (χ2n) is 8.49. The molecular weight excluding hydrogens is 476 g/mol. The van der Waals surface area contributed by atoms with Gasteiger partial charge in [0.15, 0.2) is 11.0 Å². The molecule has 4 aromatic heterocycles. The number of aromatic amines is 2. The van der Waals surface area contributed by atoms with Gasteiger partial charge in [-0.15, -0.1) is 21.5 Å². The molecule has 0 unspecified atom stereocenters. The predicted molar refractivity (Wildman–Crippen MR) is 143 cm³/mol. The number of aryl methyl sites for hydroxylation is 3. The molecule has 7 nitrogen and oxygen atoms in total. The zero-order valence-electron chi connectivity index (χ0n) is 19.4. The summed E-state index contributed by atoms with van der Waals surface area (Å²) in [6, 6.07) is 16.4. The molecule has 6 rings (SSSR count). The van der Waals surface area contributed by atoms with Gasteiger partial charge in [-0.3, -0.25) is 9.36 Å². The number of thioether (sulfide) groups is 1. The first-order valence-electron chi connectivity index (χ1n) is 11.2. The Labute approximate surface area is 209 Å². The van der Waals surface area contributed by atoms with Crippen LogP contribution in [0.15, 0.2) is 64.7 Å². The van der Waals surface area contributed by atoms with Crippen molar-refractivity contribution in [2.45, 2.75) is 31.7 Å². The summed E-state index contributed by atoms with van der Waals surface area (Å²) in [6.45, 7) is 6.06. The lowest BCUT2D eigenvalue weighted by Crippen LogP contribution is -2.11. The minimum atomic E-state index is -0.0907. The summed E-state index contributed by atoms with van der Waals surface area (Å²) in [4.78, 5) is 25.6. The van der Waals surface area contributed by atoms with Crippen molar-refractivity contribution in [2.24, 2.45) is 0 Å². The van der Waals surface area contributed by atoms with Gasteiger partial charge in [0.25, 0.3) is 5.56 Å². The van der Waals surface area contributed by atoms with E-state index in [1.54, 1.807) is 11.3 Å². The number of fused-ring (bicyclic) bond motifs is 2. The van der Waals surface area contributed by atoms with Crippen molar-refractivity contribution >= 4 is 44.2 Å². The SMILES string of the molecule is Cc1cccc(-n2c(SCc3nc4sc(C)c(C)c4c(=O)[nH]3)nnc2-c2c[nH]c3ccccc23)c1. The number of benzene rings is 2. The van der Waals surface area contributed by atoms with Crippen molar-refractivity contribution in [1.82, 2.24) is 29.7 Å². The van der Waals surface area contributed by atoms with Gasteiger partial charge in [-0.1, -0.05) is 42.1 Å². The average molecular weight is 499 g/mol. The highest BCUT2D eigenvalue weighted by Gasteiger charge is 2.20. The zero-order valence-corrected chi connectivity index (χ0v) is 21.0. The summed E-state index contributed by atoms with van der Waals surface area (Å²) in [5, 5.41) is 11.6.